The first-order chi connectivity index (χ1) is 17.9. The number of benzene rings is 3. The highest BCUT2D eigenvalue weighted by Gasteiger charge is 2.30. The van der Waals surface area contributed by atoms with Gasteiger partial charge in [-0.15, -0.1) is 0 Å². The standard InChI is InChI=1S/C28H22F3N5O/c1-37-27-21(6-4-14-32-27)35-22-15-24-26(16-23(22)33-18-10-11-18)36(25-7-3-2-5-20(25)34-24)19-12-8-17(9-13-19)28(29,30)31/h2-9,12-16,18,35H,10-11H2,1H3/b33-23+. The number of hydrogen-bond acceptors (Lipinski definition) is 5. The molecule has 0 unspecified atom stereocenters. The van der Waals surface area contributed by atoms with Gasteiger partial charge in [0.2, 0.25) is 5.88 Å². The van der Waals surface area contributed by atoms with Gasteiger partial charge in [0, 0.05) is 11.9 Å². The van der Waals surface area contributed by atoms with Crippen LogP contribution in [0.2, 0.25) is 0 Å². The molecule has 0 radical (unpaired) electrons. The van der Waals surface area contributed by atoms with E-state index in [-0.39, 0.29) is 6.04 Å². The second kappa shape index (κ2) is 8.92. The van der Waals surface area contributed by atoms with Crippen molar-refractivity contribution in [2.24, 2.45) is 4.99 Å². The second-order valence-corrected chi connectivity index (χ2v) is 8.88. The molecule has 2 heterocycles. The zero-order valence-corrected chi connectivity index (χ0v) is 19.8. The molecule has 3 aromatic rings. The third-order valence-electron chi connectivity index (χ3n) is 6.25. The number of rotatable bonds is 5. The van der Waals surface area contributed by atoms with Crippen molar-refractivity contribution in [3.63, 3.8) is 0 Å². The molecule has 186 valence electrons. The topological polar surface area (TPSA) is 64.3 Å². The summed E-state index contributed by atoms with van der Waals surface area (Å²) in [6, 6.07) is 20.5. The largest absolute Gasteiger partial charge is 0.480 e. The SMILES string of the molecule is COc1ncccc1Nc1cc2nc3ccccc3n(-c3ccc(C(F)(F)F)cc3)c-2c/c1=N\C1CC1. The van der Waals surface area contributed by atoms with Gasteiger partial charge in [0.25, 0.3) is 0 Å². The molecule has 2 aromatic carbocycles. The first-order valence-corrected chi connectivity index (χ1v) is 11.8. The van der Waals surface area contributed by atoms with E-state index in [1.54, 1.807) is 13.3 Å². The fourth-order valence-electron chi connectivity index (χ4n) is 4.32. The van der Waals surface area contributed by atoms with Crippen LogP contribution in [0, 0.1) is 0 Å². The molecule has 37 heavy (non-hydrogen) atoms. The number of aromatic nitrogens is 3. The van der Waals surface area contributed by atoms with Crippen molar-refractivity contribution in [1.29, 1.82) is 0 Å². The Balaban J connectivity index is 1.59. The van der Waals surface area contributed by atoms with Crippen molar-refractivity contribution in [2.75, 3.05) is 12.4 Å². The molecule has 0 spiro atoms. The lowest BCUT2D eigenvalue weighted by atomic mass is 10.1. The normalized spacial score (nSPS) is 14.3. The number of anilines is 2. The van der Waals surface area contributed by atoms with Crippen molar-refractivity contribution in [2.45, 2.75) is 25.1 Å². The molecule has 6 nitrogen and oxygen atoms in total. The third-order valence-corrected chi connectivity index (χ3v) is 6.25. The van der Waals surface area contributed by atoms with E-state index >= 15 is 0 Å². The smallest absolute Gasteiger partial charge is 0.416 e. The first kappa shape index (κ1) is 23.0. The van der Waals surface area contributed by atoms with Crippen LogP contribution in [-0.4, -0.2) is 27.7 Å². The van der Waals surface area contributed by atoms with E-state index in [4.69, 9.17) is 14.7 Å². The van der Waals surface area contributed by atoms with E-state index in [9.17, 15) is 13.2 Å². The van der Waals surface area contributed by atoms with Gasteiger partial charge >= 0.3 is 6.18 Å². The van der Waals surface area contributed by atoms with Gasteiger partial charge in [-0.2, -0.15) is 13.2 Å². The highest BCUT2D eigenvalue weighted by molar-refractivity contribution is 5.84. The van der Waals surface area contributed by atoms with Gasteiger partial charge in [-0.05, 0) is 73.5 Å². The first-order valence-electron chi connectivity index (χ1n) is 11.8. The minimum absolute atomic E-state index is 0.238. The fourth-order valence-corrected chi connectivity index (χ4v) is 4.32. The summed E-state index contributed by atoms with van der Waals surface area (Å²) < 4.78 is 47.0. The maximum absolute atomic E-state index is 13.2. The Hall–Kier alpha value is -4.40. The minimum Gasteiger partial charge on any atom is -0.480 e. The molecule has 0 atom stereocenters. The maximum atomic E-state index is 13.2. The molecule has 2 aliphatic carbocycles. The van der Waals surface area contributed by atoms with Crippen LogP contribution in [0.15, 0.2) is 84.0 Å². The van der Waals surface area contributed by atoms with Crippen LogP contribution in [0.4, 0.5) is 24.5 Å². The molecule has 1 fully saturated rings. The summed E-state index contributed by atoms with van der Waals surface area (Å²) in [5.74, 6) is 0.450. The molecule has 0 amide bonds. The highest BCUT2D eigenvalue weighted by atomic mass is 19.4. The van der Waals surface area contributed by atoms with E-state index in [1.807, 2.05) is 53.1 Å². The van der Waals surface area contributed by atoms with Gasteiger partial charge in [-0.25, -0.2) is 9.97 Å². The number of para-hydroxylation sites is 2. The lowest BCUT2D eigenvalue weighted by Crippen LogP contribution is -2.16. The molecule has 0 bridgehead atoms. The van der Waals surface area contributed by atoms with E-state index in [1.165, 1.54) is 12.1 Å². The average molecular weight is 502 g/mol. The number of methoxy groups -OCH3 is 1. The van der Waals surface area contributed by atoms with Crippen molar-refractivity contribution in [3.8, 4) is 23.0 Å². The molecule has 6 rings (SSSR count). The zero-order valence-electron chi connectivity index (χ0n) is 19.8. The number of hydrogen-bond donors (Lipinski definition) is 1. The highest BCUT2D eigenvalue weighted by Crippen LogP contribution is 2.34. The van der Waals surface area contributed by atoms with Gasteiger partial charge in [-0.1, -0.05) is 12.1 Å². The lowest BCUT2D eigenvalue weighted by molar-refractivity contribution is -0.137. The molecule has 9 heteroatoms. The van der Waals surface area contributed by atoms with Crippen molar-refractivity contribution < 1.29 is 17.9 Å². The van der Waals surface area contributed by atoms with Crippen LogP contribution >= 0.6 is 0 Å². The summed E-state index contributed by atoms with van der Waals surface area (Å²) in [4.78, 5) is 14.1. The van der Waals surface area contributed by atoms with Crippen molar-refractivity contribution >= 4 is 22.4 Å². The van der Waals surface area contributed by atoms with E-state index in [0.717, 1.165) is 47.2 Å². The quantitative estimate of drug-likeness (QED) is 0.285. The Morgan fingerprint density at radius 1 is 0.973 bits per heavy atom. The van der Waals surface area contributed by atoms with Crippen molar-refractivity contribution in [1.82, 2.24) is 14.5 Å². The van der Waals surface area contributed by atoms with Gasteiger partial charge in [-0.3, -0.25) is 4.99 Å². The number of ether oxygens (including phenoxy) is 1. The number of alkyl halides is 3. The maximum Gasteiger partial charge on any atom is 0.416 e. The Morgan fingerprint density at radius 3 is 2.49 bits per heavy atom. The fraction of sp³-hybridized carbons (Fsp3) is 0.179. The molecule has 0 saturated heterocycles. The molecular formula is C28H22F3N5O. The summed E-state index contributed by atoms with van der Waals surface area (Å²) in [5, 5.41) is 4.13. The average Bonchev–Trinajstić information content (AvgIpc) is 3.72. The summed E-state index contributed by atoms with van der Waals surface area (Å²) in [6.45, 7) is 0. The van der Waals surface area contributed by atoms with E-state index in [0.29, 0.717) is 28.5 Å². The van der Waals surface area contributed by atoms with E-state index < -0.39 is 11.7 Å². The minimum atomic E-state index is -4.41. The summed E-state index contributed by atoms with van der Waals surface area (Å²) in [7, 11) is 1.56. The lowest BCUT2D eigenvalue weighted by Gasteiger charge is -2.21. The third kappa shape index (κ3) is 4.48. The Labute approximate surface area is 210 Å². The number of fused-ring (bicyclic) bond motifs is 2. The van der Waals surface area contributed by atoms with Crippen LogP contribution in [0.25, 0.3) is 28.1 Å². The number of halogens is 3. The zero-order chi connectivity index (χ0) is 25.6. The Kier molecular flexibility index (Phi) is 5.55. The number of nitrogens with one attached hydrogen (secondary N) is 1. The van der Waals surface area contributed by atoms with Crippen LogP contribution in [0.5, 0.6) is 5.88 Å². The van der Waals surface area contributed by atoms with Crippen molar-refractivity contribution in [3.05, 3.63) is 89.9 Å². The molecule has 1 aliphatic heterocycles. The van der Waals surface area contributed by atoms with Gasteiger partial charge in [0.15, 0.2) is 0 Å². The Morgan fingerprint density at radius 2 is 1.76 bits per heavy atom. The van der Waals surface area contributed by atoms with Crippen LogP contribution < -0.4 is 15.4 Å². The predicted octanol–water partition coefficient (Wildman–Crippen LogP) is 6.36. The Bertz CT molecular complexity index is 1640. The summed E-state index contributed by atoms with van der Waals surface area (Å²) >= 11 is 0. The molecule has 1 N–H and O–H groups in total. The summed E-state index contributed by atoms with van der Waals surface area (Å²) in [6.07, 6.45) is -0.721. The number of nitrogens with zero attached hydrogens (tertiary/aromatic N) is 4. The van der Waals surface area contributed by atoms with Crippen LogP contribution in [0.1, 0.15) is 18.4 Å². The molecular weight excluding hydrogens is 479 g/mol. The summed E-state index contributed by atoms with van der Waals surface area (Å²) in [5.41, 5.74) is 4.23. The van der Waals surface area contributed by atoms with Gasteiger partial charge in [0.1, 0.15) is 5.69 Å². The number of pyridine rings is 1. The molecule has 1 aromatic heterocycles. The van der Waals surface area contributed by atoms with Gasteiger partial charge < -0.3 is 14.6 Å². The second-order valence-electron chi connectivity index (χ2n) is 8.88. The molecule has 1 saturated carbocycles. The monoisotopic (exact) mass is 501 g/mol. The molecule has 3 aliphatic rings. The van der Waals surface area contributed by atoms with Crippen LogP contribution in [-0.2, 0) is 6.18 Å². The van der Waals surface area contributed by atoms with E-state index in [2.05, 4.69) is 10.3 Å². The predicted molar refractivity (Wildman–Crippen MR) is 135 cm³/mol. The van der Waals surface area contributed by atoms with Crippen LogP contribution in [0.3, 0.4) is 0 Å². The van der Waals surface area contributed by atoms with Gasteiger partial charge in [0.05, 0.1) is 52.2 Å².